The molecule has 1 aliphatic carbocycles. The second-order valence-electron chi connectivity index (χ2n) is 9.55. The molecule has 0 heterocycles. The summed E-state index contributed by atoms with van der Waals surface area (Å²) in [5.74, 6) is 2.33. The van der Waals surface area contributed by atoms with Gasteiger partial charge in [-0.25, -0.2) is 4.39 Å². The molecule has 0 unspecified atom stereocenters. The van der Waals surface area contributed by atoms with Crippen LogP contribution in [0.2, 0.25) is 0 Å². The van der Waals surface area contributed by atoms with Gasteiger partial charge in [0, 0.05) is 5.39 Å². The Bertz CT molecular complexity index is 1060. The van der Waals surface area contributed by atoms with Crippen LogP contribution in [-0.2, 0) is 12.8 Å². The van der Waals surface area contributed by atoms with Gasteiger partial charge >= 0.3 is 0 Å². The Hall–Kier alpha value is -2.61. The Morgan fingerprint density at radius 3 is 2.45 bits per heavy atom. The average Bonchev–Trinajstić information content (AvgIpc) is 2.85. The van der Waals surface area contributed by atoms with Crippen LogP contribution in [0.4, 0.5) is 4.39 Å². The number of benzene rings is 3. The van der Waals surface area contributed by atoms with Crippen molar-refractivity contribution in [2.75, 3.05) is 6.61 Å². The number of aryl methyl sites for hydroxylation is 2. The zero-order valence-electron chi connectivity index (χ0n) is 20.2. The topological polar surface area (TPSA) is 9.23 Å². The summed E-state index contributed by atoms with van der Waals surface area (Å²) >= 11 is 0. The highest BCUT2D eigenvalue weighted by molar-refractivity contribution is 5.85. The van der Waals surface area contributed by atoms with Crippen LogP contribution in [0.15, 0.2) is 66.7 Å². The average molecular weight is 445 g/mol. The van der Waals surface area contributed by atoms with Crippen molar-refractivity contribution in [3.8, 4) is 5.75 Å². The molecule has 3 aromatic rings. The molecule has 0 atom stereocenters. The van der Waals surface area contributed by atoms with Crippen molar-refractivity contribution in [1.82, 2.24) is 0 Å². The molecule has 174 valence electrons. The second kappa shape index (κ2) is 11.5. The van der Waals surface area contributed by atoms with Gasteiger partial charge in [-0.1, -0.05) is 68.3 Å². The van der Waals surface area contributed by atoms with E-state index in [9.17, 15) is 0 Å². The highest BCUT2D eigenvalue weighted by atomic mass is 19.1. The molecule has 1 saturated carbocycles. The molecule has 0 N–H and O–H groups in total. The monoisotopic (exact) mass is 444 g/mol. The van der Waals surface area contributed by atoms with Crippen molar-refractivity contribution in [1.29, 1.82) is 0 Å². The quantitative estimate of drug-likeness (QED) is 0.300. The largest absolute Gasteiger partial charge is 0.490 e. The van der Waals surface area contributed by atoms with Crippen molar-refractivity contribution < 1.29 is 9.13 Å². The number of ether oxygens (including phenoxy) is 1. The lowest BCUT2D eigenvalue weighted by atomic mass is 9.77. The van der Waals surface area contributed by atoms with Crippen LogP contribution in [0, 0.1) is 11.7 Å². The van der Waals surface area contributed by atoms with Crippen LogP contribution < -0.4 is 4.74 Å². The minimum absolute atomic E-state index is 0.104. The van der Waals surface area contributed by atoms with Crippen LogP contribution in [0.3, 0.4) is 0 Å². The third-order valence-corrected chi connectivity index (χ3v) is 7.27. The van der Waals surface area contributed by atoms with E-state index in [-0.39, 0.29) is 5.82 Å². The number of allylic oxidation sites excluding steroid dienone is 1. The number of hydrogen-bond donors (Lipinski definition) is 0. The maximum atomic E-state index is 15.2. The Kier molecular flexibility index (Phi) is 8.20. The molecule has 0 saturated heterocycles. The first-order valence-corrected chi connectivity index (χ1v) is 12.7. The number of hydrogen-bond acceptors (Lipinski definition) is 1. The summed E-state index contributed by atoms with van der Waals surface area (Å²) in [5, 5.41) is 1.55. The molecular formula is C31H37FO. The van der Waals surface area contributed by atoms with Crippen molar-refractivity contribution in [3.63, 3.8) is 0 Å². The summed E-state index contributed by atoms with van der Waals surface area (Å²) in [7, 11) is 0. The lowest BCUT2D eigenvalue weighted by molar-refractivity contribution is 0.308. The molecule has 3 aromatic carbocycles. The van der Waals surface area contributed by atoms with Crippen LogP contribution in [0.5, 0.6) is 5.75 Å². The number of rotatable bonds is 9. The van der Waals surface area contributed by atoms with E-state index in [1.807, 2.05) is 49.4 Å². The Labute approximate surface area is 198 Å². The molecule has 1 nitrogen and oxygen atoms in total. The standard InChI is InChI=1S/C31H37FO/c1-3-5-21-33-29-19-20-30-28(22-29)18-17-27(31(30)32)16-11-24-9-14-26(15-10-24)25-12-7-23(6-4-2)8-13-25/h3,5,9-10,14-15,17-20,22-23,25H,4,6-8,11-13,16,21H2,1-2H3. The van der Waals surface area contributed by atoms with E-state index in [4.69, 9.17) is 4.74 Å². The highest BCUT2D eigenvalue weighted by Crippen LogP contribution is 2.37. The van der Waals surface area contributed by atoms with E-state index in [1.165, 1.54) is 49.7 Å². The predicted octanol–water partition coefficient (Wildman–Crippen LogP) is 8.79. The van der Waals surface area contributed by atoms with E-state index in [0.717, 1.165) is 35.0 Å². The Morgan fingerprint density at radius 2 is 1.73 bits per heavy atom. The van der Waals surface area contributed by atoms with Gasteiger partial charge in [-0.05, 0) is 97.6 Å². The molecule has 4 rings (SSSR count). The summed E-state index contributed by atoms with van der Waals surface area (Å²) in [6, 6.07) is 18.7. The van der Waals surface area contributed by atoms with Crippen LogP contribution in [-0.4, -0.2) is 6.61 Å². The lowest BCUT2D eigenvalue weighted by Gasteiger charge is -2.28. The van der Waals surface area contributed by atoms with E-state index >= 15 is 4.39 Å². The van der Waals surface area contributed by atoms with Crippen LogP contribution in [0.1, 0.15) is 75.0 Å². The first kappa shape index (κ1) is 23.5. The van der Waals surface area contributed by atoms with E-state index in [1.54, 1.807) is 0 Å². The minimum Gasteiger partial charge on any atom is -0.490 e. The van der Waals surface area contributed by atoms with E-state index in [2.05, 4.69) is 31.2 Å². The van der Waals surface area contributed by atoms with Gasteiger partial charge in [0.2, 0.25) is 0 Å². The zero-order chi connectivity index (χ0) is 23.0. The van der Waals surface area contributed by atoms with Crippen molar-refractivity contribution >= 4 is 10.8 Å². The first-order valence-electron chi connectivity index (χ1n) is 12.7. The third kappa shape index (κ3) is 6.05. The summed E-state index contributed by atoms with van der Waals surface area (Å²) < 4.78 is 20.8. The molecule has 0 aromatic heterocycles. The third-order valence-electron chi connectivity index (χ3n) is 7.27. The SMILES string of the molecule is CC=CCOc1ccc2c(F)c(CCc3ccc(C4CCC(CCC)CC4)cc3)ccc2c1. The Balaban J connectivity index is 1.36. The lowest BCUT2D eigenvalue weighted by Crippen LogP contribution is -2.13. The molecule has 1 aliphatic rings. The maximum Gasteiger partial charge on any atom is 0.134 e. The minimum atomic E-state index is -0.104. The summed E-state index contributed by atoms with van der Waals surface area (Å²) in [4.78, 5) is 0. The first-order chi connectivity index (χ1) is 16.2. The highest BCUT2D eigenvalue weighted by Gasteiger charge is 2.21. The normalized spacial score (nSPS) is 18.8. The van der Waals surface area contributed by atoms with Crippen molar-refractivity contribution in [3.05, 3.63) is 89.3 Å². The molecule has 0 amide bonds. The maximum absolute atomic E-state index is 15.2. The Morgan fingerprint density at radius 1 is 0.939 bits per heavy atom. The second-order valence-corrected chi connectivity index (χ2v) is 9.55. The van der Waals surface area contributed by atoms with Gasteiger partial charge in [-0.2, -0.15) is 0 Å². The fraction of sp³-hybridized carbons (Fsp3) is 0.419. The molecule has 0 spiro atoms. The predicted molar refractivity (Wildman–Crippen MR) is 138 cm³/mol. The molecule has 2 heteroatoms. The van der Waals surface area contributed by atoms with Crippen LogP contribution in [0.25, 0.3) is 10.8 Å². The van der Waals surface area contributed by atoms with Crippen molar-refractivity contribution in [2.24, 2.45) is 5.92 Å². The molecule has 1 fully saturated rings. The fourth-order valence-electron chi connectivity index (χ4n) is 5.27. The van der Waals surface area contributed by atoms with E-state index < -0.39 is 0 Å². The molecular weight excluding hydrogens is 407 g/mol. The molecule has 0 aliphatic heterocycles. The molecule has 33 heavy (non-hydrogen) atoms. The summed E-state index contributed by atoms with van der Waals surface area (Å²) in [5.41, 5.74) is 3.55. The smallest absolute Gasteiger partial charge is 0.134 e. The van der Waals surface area contributed by atoms with Crippen LogP contribution >= 0.6 is 0 Å². The van der Waals surface area contributed by atoms with Gasteiger partial charge < -0.3 is 4.74 Å². The van der Waals surface area contributed by atoms with Gasteiger partial charge in [-0.15, -0.1) is 0 Å². The van der Waals surface area contributed by atoms with Gasteiger partial charge in [0.1, 0.15) is 18.2 Å². The molecule has 0 radical (unpaired) electrons. The number of halogens is 1. The van der Waals surface area contributed by atoms with Gasteiger partial charge in [0.05, 0.1) is 0 Å². The summed E-state index contributed by atoms with van der Waals surface area (Å²) in [6.07, 6.45) is 13.6. The summed E-state index contributed by atoms with van der Waals surface area (Å²) in [6.45, 7) is 4.79. The van der Waals surface area contributed by atoms with Crippen molar-refractivity contribution in [2.45, 2.75) is 71.1 Å². The van der Waals surface area contributed by atoms with Gasteiger partial charge in [0.25, 0.3) is 0 Å². The molecule has 0 bridgehead atoms. The van der Waals surface area contributed by atoms with Gasteiger partial charge in [0.15, 0.2) is 0 Å². The van der Waals surface area contributed by atoms with E-state index in [0.29, 0.717) is 18.4 Å². The zero-order valence-corrected chi connectivity index (χ0v) is 20.2. The number of fused-ring (bicyclic) bond motifs is 1. The van der Waals surface area contributed by atoms with Gasteiger partial charge in [-0.3, -0.25) is 0 Å². The fourth-order valence-corrected chi connectivity index (χ4v) is 5.27.